The molecule has 0 unspecified atom stereocenters. The molecule has 5 nitrogen and oxygen atoms in total. The van der Waals surface area contributed by atoms with Crippen LogP contribution in [0.15, 0.2) is 47.1 Å². The van der Waals surface area contributed by atoms with Crippen molar-refractivity contribution in [2.75, 3.05) is 7.11 Å². The van der Waals surface area contributed by atoms with Gasteiger partial charge in [-0.1, -0.05) is 12.1 Å². The quantitative estimate of drug-likeness (QED) is 0.677. The summed E-state index contributed by atoms with van der Waals surface area (Å²) in [6, 6.07) is 10.8. The molecule has 2 heterocycles. The van der Waals surface area contributed by atoms with Crippen molar-refractivity contribution in [3.63, 3.8) is 0 Å². The van der Waals surface area contributed by atoms with Gasteiger partial charge in [-0.05, 0) is 40.2 Å². The zero-order valence-electron chi connectivity index (χ0n) is 10.6. The van der Waals surface area contributed by atoms with E-state index in [1.54, 1.807) is 28.8 Å². The van der Waals surface area contributed by atoms with E-state index in [0.29, 0.717) is 11.4 Å². The second-order valence-electron chi connectivity index (χ2n) is 4.15. The summed E-state index contributed by atoms with van der Waals surface area (Å²) < 4.78 is 7.30. The van der Waals surface area contributed by atoms with Crippen molar-refractivity contribution in [3.8, 4) is 11.4 Å². The maximum atomic E-state index is 11.4. The van der Waals surface area contributed by atoms with E-state index < -0.39 is 0 Å². The molecular formula is C14H10BrN3O2. The first-order valence-electron chi connectivity index (χ1n) is 5.88. The number of hydrogen-bond acceptors (Lipinski definition) is 4. The SMILES string of the molecule is COC(=O)c1ccc(-c2nc3ccc(Br)cn3n2)cc1. The van der Waals surface area contributed by atoms with Crippen LogP contribution in [0.2, 0.25) is 0 Å². The molecule has 0 N–H and O–H groups in total. The Hall–Kier alpha value is -2.21. The summed E-state index contributed by atoms with van der Waals surface area (Å²) in [4.78, 5) is 15.8. The van der Waals surface area contributed by atoms with E-state index in [1.807, 2.05) is 18.3 Å². The molecule has 2 aromatic heterocycles. The molecule has 0 saturated carbocycles. The molecule has 0 bridgehead atoms. The van der Waals surface area contributed by atoms with Crippen molar-refractivity contribution in [2.45, 2.75) is 0 Å². The van der Waals surface area contributed by atoms with Crippen LogP contribution in [0.25, 0.3) is 17.0 Å². The van der Waals surface area contributed by atoms with Crippen LogP contribution in [0.1, 0.15) is 10.4 Å². The second-order valence-corrected chi connectivity index (χ2v) is 5.07. The third-order valence-corrected chi connectivity index (χ3v) is 3.33. The first-order valence-corrected chi connectivity index (χ1v) is 6.67. The first-order chi connectivity index (χ1) is 9.67. The standard InChI is InChI=1S/C14H10BrN3O2/c1-20-14(19)10-4-2-9(3-5-10)13-16-12-7-6-11(15)8-18(12)17-13/h2-8H,1H3. The molecule has 0 amide bonds. The lowest BCUT2D eigenvalue weighted by molar-refractivity contribution is 0.0601. The molecular weight excluding hydrogens is 322 g/mol. The lowest BCUT2D eigenvalue weighted by atomic mass is 10.1. The van der Waals surface area contributed by atoms with Crippen LogP contribution in [-0.4, -0.2) is 27.7 Å². The molecule has 20 heavy (non-hydrogen) atoms. The number of carbonyl (C=O) groups is 1. The van der Waals surface area contributed by atoms with E-state index in [-0.39, 0.29) is 5.97 Å². The molecule has 3 aromatic rings. The van der Waals surface area contributed by atoms with E-state index in [4.69, 9.17) is 0 Å². The van der Waals surface area contributed by atoms with Crippen LogP contribution in [0.3, 0.4) is 0 Å². The van der Waals surface area contributed by atoms with Gasteiger partial charge < -0.3 is 4.74 Å². The topological polar surface area (TPSA) is 56.5 Å². The highest BCUT2D eigenvalue weighted by molar-refractivity contribution is 9.10. The zero-order valence-corrected chi connectivity index (χ0v) is 12.2. The molecule has 0 aliphatic carbocycles. The van der Waals surface area contributed by atoms with Gasteiger partial charge in [0.15, 0.2) is 11.5 Å². The summed E-state index contributed by atoms with van der Waals surface area (Å²) >= 11 is 3.39. The molecule has 1 aromatic carbocycles. The Balaban J connectivity index is 2.00. The van der Waals surface area contributed by atoms with Gasteiger partial charge in [-0.2, -0.15) is 0 Å². The van der Waals surface area contributed by atoms with Crippen molar-refractivity contribution < 1.29 is 9.53 Å². The smallest absolute Gasteiger partial charge is 0.337 e. The van der Waals surface area contributed by atoms with E-state index in [0.717, 1.165) is 15.7 Å². The predicted molar refractivity (Wildman–Crippen MR) is 77.5 cm³/mol. The minimum atomic E-state index is -0.358. The number of halogens is 1. The van der Waals surface area contributed by atoms with E-state index >= 15 is 0 Å². The maximum Gasteiger partial charge on any atom is 0.337 e. The number of ether oxygens (including phenoxy) is 1. The van der Waals surface area contributed by atoms with Crippen molar-refractivity contribution in [1.29, 1.82) is 0 Å². The van der Waals surface area contributed by atoms with Gasteiger partial charge in [0, 0.05) is 16.2 Å². The van der Waals surface area contributed by atoms with Gasteiger partial charge in [0.2, 0.25) is 0 Å². The van der Waals surface area contributed by atoms with Crippen LogP contribution < -0.4 is 0 Å². The number of fused-ring (bicyclic) bond motifs is 1. The van der Waals surface area contributed by atoms with Crippen LogP contribution in [0, 0.1) is 0 Å². The summed E-state index contributed by atoms with van der Waals surface area (Å²) in [5.74, 6) is 0.253. The molecule has 0 aliphatic rings. The Morgan fingerprint density at radius 1 is 1.20 bits per heavy atom. The van der Waals surface area contributed by atoms with Crippen molar-refractivity contribution in [2.24, 2.45) is 0 Å². The largest absolute Gasteiger partial charge is 0.465 e. The normalized spacial score (nSPS) is 10.7. The predicted octanol–water partition coefficient (Wildman–Crippen LogP) is 2.95. The second kappa shape index (κ2) is 5.05. The van der Waals surface area contributed by atoms with Crippen molar-refractivity contribution >= 4 is 27.5 Å². The molecule has 0 spiro atoms. The highest BCUT2D eigenvalue weighted by Crippen LogP contribution is 2.18. The summed E-state index contributed by atoms with van der Waals surface area (Å²) in [6.07, 6.45) is 1.84. The molecule has 3 rings (SSSR count). The minimum Gasteiger partial charge on any atom is -0.465 e. The molecule has 100 valence electrons. The number of methoxy groups -OCH3 is 1. The van der Waals surface area contributed by atoms with Gasteiger partial charge in [0.05, 0.1) is 12.7 Å². The molecule has 0 radical (unpaired) electrons. The van der Waals surface area contributed by atoms with Crippen LogP contribution in [0.5, 0.6) is 0 Å². The van der Waals surface area contributed by atoms with Gasteiger partial charge in [-0.15, -0.1) is 5.10 Å². The minimum absolute atomic E-state index is 0.358. The molecule has 0 fully saturated rings. The average Bonchev–Trinajstić information content (AvgIpc) is 2.89. The summed E-state index contributed by atoms with van der Waals surface area (Å²) in [5, 5.41) is 4.40. The Labute approximate surface area is 123 Å². The number of rotatable bonds is 2. The summed E-state index contributed by atoms with van der Waals surface area (Å²) in [7, 11) is 1.36. The van der Waals surface area contributed by atoms with Crippen molar-refractivity contribution in [3.05, 3.63) is 52.6 Å². The average molecular weight is 332 g/mol. The van der Waals surface area contributed by atoms with Gasteiger partial charge in [0.1, 0.15) is 0 Å². The summed E-state index contributed by atoms with van der Waals surface area (Å²) in [6.45, 7) is 0. The lowest BCUT2D eigenvalue weighted by Crippen LogP contribution is -2.00. The monoisotopic (exact) mass is 331 g/mol. The van der Waals surface area contributed by atoms with Gasteiger partial charge >= 0.3 is 5.97 Å². The fraction of sp³-hybridized carbons (Fsp3) is 0.0714. The van der Waals surface area contributed by atoms with Gasteiger partial charge in [-0.3, -0.25) is 0 Å². The van der Waals surface area contributed by atoms with Crippen LogP contribution in [-0.2, 0) is 4.74 Å². The number of aromatic nitrogens is 3. The Morgan fingerprint density at radius 2 is 1.95 bits per heavy atom. The number of benzene rings is 1. The maximum absolute atomic E-state index is 11.4. The van der Waals surface area contributed by atoms with Crippen LogP contribution >= 0.6 is 15.9 Å². The molecule has 6 heteroatoms. The molecule has 0 saturated heterocycles. The molecule has 0 atom stereocenters. The number of esters is 1. The number of pyridine rings is 1. The van der Waals surface area contributed by atoms with Gasteiger partial charge in [0.25, 0.3) is 0 Å². The first kappa shape index (κ1) is 12.8. The van der Waals surface area contributed by atoms with Crippen molar-refractivity contribution in [1.82, 2.24) is 14.6 Å². The zero-order chi connectivity index (χ0) is 14.1. The highest BCUT2D eigenvalue weighted by atomic mass is 79.9. The Morgan fingerprint density at radius 3 is 2.65 bits per heavy atom. The van der Waals surface area contributed by atoms with E-state index in [9.17, 15) is 4.79 Å². The molecule has 0 aliphatic heterocycles. The van der Waals surface area contributed by atoms with E-state index in [2.05, 4.69) is 30.7 Å². The lowest BCUT2D eigenvalue weighted by Gasteiger charge is -1.99. The third kappa shape index (κ3) is 2.30. The highest BCUT2D eigenvalue weighted by Gasteiger charge is 2.09. The Bertz CT molecular complexity index is 781. The number of nitrogens with zero attached hydrogens (tertiary/aromatic N) is 3. The summed E-state index contributed by atoms with van der Waals surface area (Å²) in [5.41, 5.74) is 2.11. The van der Waals surface area contributed by atoms with Gasteiger partial charge in [-0.25, -0.2) is 14.3 Å². The fourth-order valence-electron chi connectivity index (χ4n) is 1.85. The van der Waals surface area contributed by atoms with E-state index in [1.165, 1.54) is 7.11 Å². The number of carbonyl (C=O) groups excluding carboxylic acids is 1. The number of hydrogen-bond donors (Lipinski definition) is 0. The van der Waals surface area contributed by atoms with Crippen LogP contribution in [0.4, 0.5) is 0 Å². The Kier molecular flexibility index (Phi) is 3.23. The fourth-order valence-corrected chi connectivity index (χ4v) is 2.18. The third-order valence-electron chi connectivity index (χ3n) is 2.86.